The molecule has 0 aliphatic heterocycles. The lowest BCUT2D eigenvalue weighted by Crippen LogP contribution is -2.28. The third-order valence-electron chi connectivity index (χ3n) is 1.40. The van der Waals surface area contributed by atoms with Gasteiger partial charge >= 0.3 is 12.1 Å². The van der Waals surface area contributed by atoms with Gasteiger partial charge in [0.1, 0.15) is 0 Å². The molecule has 0 aromatic heterocycles. The smallest absolute Gasteiger partial charge is 0.491 e. The van der Waals surface area contributed by atoms with Gasteiger partial charge in [-0.05, 0) is 12.1 Å². The summed E-state index contributed by atoms with van der Waals surface area (Å²) in [6.45, 7) is 0. The molecule has 0 bridgehead atoms. The van der Waals surface area contributed by atoms with Crippen molar-refractivity contribution in [2.24, 2.45) is 0 Å². The molecule has 0 radical (unpaired) electrons. The van der Waals surface area contributed by atoms with E-state index in [0.29, 0.717) is 0 Å². The number of benzene rings is 1. The highest BCUT2D eigenvalue weighted by molar-refractivity contribution is 5.79. The average molecular weight is 222 g/mol. The van der Waals surface area contributed by atoms with Crippen LogP contribution in [0.3, 0.4) is 0 Å². The molecule has 0 saturated heterocycles. The predicted molar refractivity (Wildman–Crippen MR) is 41.5 cm³/mol. The van der Waals surface area contributed by atoms with Crippen LogP contribution in [-0.2, 0) is 4.79 Å². The first-order valence-corrected chi connectivity index (χ1v) is 3.62. The first-order valence-electron chi connectivity index (χ1n) is 3.62. The van der Waals surface area contributed by atoms with Gasteiger partial charge < -0.3 is 14.9 Å². The van der Waals surface area contributed by atoms with Gasteiger partial charge in [0.25, 0.3) is 0 Å². The maximum Gasteiger partial charge on any atom is 0.491 e. The molecule has 0 spiro atoms. The van der Waals surface area contributed by atoms with Crippen LogP contribution in [-0.4, -0.2) is 22.4 Å². The van der Waals surface area contributed by atoms with E-state index in [1.807, 2.05) is 0 Å². The molecule has 82 valence electrons. The topological polar surface area (TPSA) is 66.8 Å². The van der Waals surface area contributed by atoms with Gasteiger partial charge in [-0.1, -0.05) is 6.07 Å². The molecule has 0 saturated carbocycles. The van der Waals surface area contributed by atoms with E-state index in [9.17, 15) is 18.0 Å². The molecule has 0 aliphatic rings. The van der Waals surface area contributed by atoms with Crippen LogP contribution in [0.25, 0.3) is 0 Å². The normalized spacial score (nSPS) is 11.1. The molecular formula is C8H5F3O4. The summed E-state index contributed by atoms with van der Waals surface area (Å²) in [6.07, 6.45) is -5.19. The minimum Gasteiger partial charge on any atom is -0.504 e. The van der Waals surface area contributed by atoms with Crippen LogP contribution in [0, 0.1) is 0 Å². The van der Waals surface area contributed by atoms with E-state index in [1.165, 1.54) is 6.07 Å². The van der Waals surface area contributed by atoms with Crippen LogP contribution in [0.2, 0.25) is 0 Å². The van der Waals surface area contributed by atoms with Gasteiger partial charge in [-0.3, -0.25) is 0 Å². The Morgan fingerprint density at radius 3 is 2.07 bits per heavy atom. The molecule has 0 heterocycles. The zero-order chi connectivity index (χ0) is 11.6. The van der Waals surface area contributed by atoms with Crippen molar-refractivity contribution in [3.05, 3.63) is 18.2 Å². The second kappa shape index (κ2) is 3.68. The average Bonchev–Trinajstić information content (AvgIpc) is 2.09. The van der Waals surface area contributed by atoms with Gasteiger partial charge in [-0.2, -0.15) is 13.2 Å². The molecule has 0 atom stereocenters. The van der Waals surface area contributed by atoms with Gasteiger partial charge in [-0.25, -0.2) is 4.79 Å². The molecule has 7 heteroatoms. The van der Waals surface area contributed by atoms with Crippen molar-refractivity contribution in [2.45, 2.75) is 6.18 Å². The largest absolute Gasteiger partial charge is 0.504 e. The minimum atomic E-state index is -5.19. The quantitative estimate of drug-likeness (QED) is 0.559. The van der Waals surface area contributed by atoms with Crippen molar-refractivity contribution in [3.63, 3.8) is 0 Å². The molecule has 2 N–H and O–H groups in total. The van der Waals surface area contributed by atoms with Gasteiger partial charge in [0.15, 0.2) is 11.5 Å². The summed E-state index contributed by atoms with van der Waals surface area (Å²) in [4.78, 5) is 10.4. The summed E-state index contributed by atoms with van der Waals surface area (Å²) in [6, 6.07) is 3.12. The number of aromatic hydroxyl groups is 2. The molecule has 1 aromatic carbocycles. The van der Waals surface area contributed by atoms with Crippen molar-refractivity contribution >= 4 is 5.97 Å². The van der Waals surface area contributed by atoms with E-state index in [-0.39, 0.29) is 0 Å². The molecule has 1 rings (SSSR count). The number of ether oxygens (including phenoxy) is 1. The summed E-state index contributed by atoms with van der Waals surface area (Å²) in [5, 5.41) is 18.0. The maximum absolute atomic E-state index is 11.8. The SMILES string of the molecule is O=C(Oc1c(O)cccc1O)C(F)(F)F. The van der Waals surface area contributed by atoms with Crippen LogP contribution in [0.5, 0.6) is 17.2 Å². The monoisotopic (exact) mass is 222 g/mol. The molecule has 0 fully saturated rings. The number of para-hydroxylation sites is 1. The number of rotatable bonds is 1. The Morgan fingerprint density at radius 2 is 1.67 bits per heavy atom. The first-order chi connectivity index (χ1) is 6.82. The van der Waals surface area contributed by atoms with Crippen molar-refractivity contribution in [2.75, 3.05) is 0 Å². The Bertz CT molecular complexity index is 366. The second-order valence-corrected chi connectivity index (χ2v) is 2.51. The number of alkyl halides is 3. The summed E-state index contributed by atoms with van der Waals surface area (Å²) in [7, 11) is 0. The zero-order valence-corrected chi connectivity index (χ0v) is 7.08. The highest BCUT2D eigenvalue weighted by Gasteiger charge is 2.42. The van der Waals surface area contributed by atoms with Crippen LogP contribution in [0.1, 0.15) is 0 Å². The number of phenols is 2. The highest BCUT2D eigenvalue weighted by atomic mass is 19.4. The predicted octanol–water partition coefficient (Wildman–Crippen LogP) is 1.57. The lowest BCUT2D eigenvalue weighted by molar-refractivity contribution is -0.189. The lowest BCUT2D eigenvalue weighted by Gasteiger charge is -2.09. The molecule has 15 heavy (non-hydrogen) atoms. The second-order valence-electron chi connectivity index (χ2n) is 2.51. The highest BCUT2D eigenvalue weighted by Crippen LogP contribution is 2.36. The number of esters is 1. The Hall–Kier alpha value is -1.92. The van der Waals surface area contributed by atoms with E-state index in [0.717, 1.165) is 12.1 Å². The van der Waals surface area contributed by atoms with E-state index < -0.39 is 29.4 Å². The standard InChI is InChI=1S/C8H5F3O4/c9-8(10,11)7(14)15-6-4(12)2-1-3-5(6)13/h1-3,12-13H. The van der Waals surface area contributed by atoms with Gasteiger partial charge in [0.2, 0.25) is 5.75 Å². The van der Waals surface area contributed by atoms with Crippen molar-refractivity contribution in [3.8, 4) is 17.2 Å². The fourth-order valence-electron chi connectivity index (χ4n) is 0.768. The van der Waals surface area contributed by atoms with Crippen LogP contribution < -0.4 is 4.74 Å². The van der Waals surface area contributed by atoms with Gasteiger partial charge in [0.05, 0.1) is 0 Å². The number of carbonyl (C=O) groups is 1. The number of phenolic OH excluding ortho intramolecular Hbond substituents is 2. The van der Waals surface area contributed by atoms with Crippen molar-refractivity contribution < 1.29 is 32.9 Å². The van der Waals surface area contributed by atoms with Crippen LogP contribution in [0.15, 0.2) is 18.2 Å². The minimum absolute atomic E-state index is 0.757. The lowest BCUT2D eigenvalue weighted by atomic mass is 10.3. The van der Waals surface area contributed by atoms with E-state index in [2.05, 4.69) is 4.74 Å². The first kappa shape index (κ1) is 11.2. The summed E-state index contributed by atoms with van der Waals surface area (Å²) < 4.78 is 39.1. The van der Waals surface area contributed by atoms with E-state index in [4.69, 9.17) is 10.2 Å². The molecule has 0 aliphatic carbocycles. The van der Waals surface area contributed by atoms with Crippen LogP contribution in [0.4, 0.5) is 13.2 Å². The van der Waals surface area contributed by atoms with Crippen molar-refractivity contribution in [1.82, 2.24) is 0 Å². The maximum atomic E-state index is 11.8. The van der Waals surface area contributed by atoms with Gasteiger partial charge in [0, 0.05) is 0 Å². The summed E-state index contributed by atoms with van der Waals surface area (Å²) >= 11 is 0. The fraction of sp³-hybridized carbons (Fsp3) is 0.125. The fourth-order valence-corrected chi connectivity index (χ4v) is 0.768. The number of hydrogen-bond donors (Lipinski definition) is 2. The Kier molecular flexibility index (Phi) is 2.74. The summed E-state index contributed by atoms with van der Waals surface area (Å²) in [5.41, 5.74) is 0. The van der Waals surface area contributed by atoms with Crippen molar-refractivity contribution in [1.29, 1.82) is 0 Å². The summed E-state index contributed by atoms with van der Waals surface area (Å²) in [5.74, 6) is -4.95. The third-order valence-corrected chi connectivity index (χ3v) is 1.40. The van der Waals surface area contributed by atoms with Gasteiger partial charge in [-0.15, -0.1) is 0 Å². The molecule has 0 amide bonds. The number of halogens is 3. The Labute approximate surface area is 81.5 Å². The molecule has 0 unspecified atom stereocenters. The van der Waals surface area contributed by atoms with Crippen LogP contribution >= 0.6 is 0 Å². The van der Waals surface area contributed by atoms with E-state index in [1.54, 1.807) is 0 Å². The van der Waals surface area contributed by atoms with E-state index >= 15 is 0 Å². The number of hydrogen-bond acceptors (Lipinski definition) is 4. The molecule has 1 aromatic rings. The zero-order valence-electron chi connectivity index (χ0n) is 7.08. The third kappa shape index (κ3) is 2.52. The number of carbonyl (C=O) groups excluding carboxylic acids is 1. The Balaban J connectivity index is 2.95. The Morgan fingerprint density at radius 1 is 1.20 bits per heavy atom. The molecule has 4 nitrogen and oxygen atoms in total. The molecular weight excluding hydrogens is 217 g/mol.